The molecule has 2 aromatic carbocycles. The smallest absolute Gasteiger partial charge is 0.295 e. The van der Waals surface area contributed by atoms with Gasteiger partial charge >= 0.3 is 0 Å². The van der Waals surface area contributed by atoms with E-state index in [0.29, 0.717) is 54.7 Å². The van der Waals surface area contributed by atoms with Crippen molar-refractivity contribution in [3.05, 3.63) is 58.7 Å². The normalized spacial score (nSPS) is 20.3. The SMILES string of the molecule is COc1cc([C@@H]2C(=C(O)c3ccc4c(c3)C[C@H](C)O4)C(=O)C(=O)N2CCN(C)C)ccc1OCCC(C)C. The predicted molar refractivity (Wildman–Crippen MR) is 146 cm³/mol. The number of carbonyl (C=O) groups excluding carboxylic acids is 2. The van der Waals surface area contributed by atoms with Crippen molar-refractivity contribution in [1.82, 2.24) is 9.80 Å². The zero-order chi connectivity index (χ0) is 27.6. The minimum absolute atomic E-state index is 0.0488. The number of fused-ring (bicyclic) bond motifs is 1. The fraction of sp³-hybridized carbons (Fsp3) is 0.467. The highest BCUT2D eigenvalue weighted by Gasteiger charge is 2.46. The average Bonchev–Trinajstić information content (AvgIpc) is 3.37. The van der Waals surface area contributed by atoms with E-state index in [-0.39, 0.29) is 17.4 Å². The molecule has 0 spiro atoms. The average molecular weight is 523 g/mol. The van der Waals surface area contributed by atoms with Crippen LogP contribution in [-0.2, 0) is 16.0 Å². The number of hydrogen-bond acceptors (Lipinski definition) is 7. The number of carbonyl (C=O) groups is 2. The van der Waals surface area contributed by atoms with Gasteiger partial charge in [-0.25, -0.2) is 0 Å². The first-order valence-electron chi connectivity index (χ1n) is 13.1. The maximum absolute atomic E-state index is 13.4. The number of methoxy groups -OCH3 is 1. The fourth-order valence-corrected chi connectivity index (χ4v) is 4.87. The third-order valence-corrected chi connectivity index (χ3v) is 6.95. The first kappa shape index (κ1) is 27.5. The van der Waals surface area contributed by atoms with Gasteiger partial charge in [-0.1, -0.05) is 19.9 Å². The van der Waals surface area contributed by atoms with Crippen molar-refractivity contribution in [2.24, 2.45) is 5.92 Å². The first-order valence-corrected chi connectivity index (χ1v) is 13.1. The highest BCUT2D eigenvalue weighted by Crippen LogP contribution is 2.42. The van der Waals surface area contributed by atoms with Gasteiger partial charge in [0.05, 0.1) is 25.3 Å². The number of ether oxygens (including phenoxy) is 3. The molecule has 8 nitrogen and oxygen atoms in total. The van der Waals surface area contributed by atoms with Gasteiger partial charge in [0.1, 0.15) is 17.6 Å². The number of hydrogen-bond donors (Lipinski definition) is 1. The molecule has 0 unspecified atom stereocenters. The molecule has 2 atom stereocenters. The van der Waals surface area contributed by atoms with E-state index < -0.39 is 17.7 Å². The summed E-state index contributed by atoms with van der Waals surface area (Å²) in [5.41, 5.74) is 2.18. The molecule has 0 aromatic heterocycles. The lowest BCUT2D eigenvalue weighted by atomic mass is 9.94. The summed E-state index contributed by atoms with van der Waals surface area (Å²) >= 11 is 0. The summed E-state index contributed by atoms with van der Waals surface area (Å²) in [5.74, 6) is 0.850. The monoisotopic (exact) mass is 522 g/mol. The molecule has 0 bridgehead atoms. The molecule has 2 aliphatic heterocycles. The number of likely N-dealkylation sites (tertiary alicyclic amines) is 1. The van der Waals surface area contributed by atoms with Gasteiger partial charge in [-0.2, -0.15) is 0 Å². The van der Waals surface area contributed by atoms with Crippen LogP contribution in [0.1, 0.15) is 49.9 Å². The Morgan fingerprint density at radius 3 is 2.61 bits per heavy atom. The van der Waals surface area contributed by atoms with Crippen molar-refractivity contribution in [3.63, 3.8) is 0 Å². The Morgan fingerprint density at radius 1 is 1.16 bits per heavy atom. The van der Waals surface area contributed by atoms with Gasteiger partial charge in [-0.3, -0.25) is 9.59 Å². The second-order valence-electron chi connectivity index (χ2n) is 10.7. The quantitative estimate of drug-likeness (QED) is 0.281. The standard InChI is InChI=1S/C30H38N2O6/c1-18(2)11-14-37-24-10-7-20(17-25(24)36-6)27-26(29(34)30(35)32(27)13-12-31(4)5)28(33)21-8-9-23-22(16-21)15-19(3)38-23/h7-10,16-19,27,33H,11-15H2,1-6H3/t19-,27+/m0/s1. The Bertz CT molecular complexity index is 1240. The van der Waals surface area contributed by atoms with Crippen LogP contribution in [0.15, 0.2) is 42.0 Å². The van der Waals surface area contributed by atoms with E-state index in [1.807, 2.05) is 38.1 Å². The molecule has 1 N–H and O–H groups in total. The lowest BCUT2D eigenvalue weighted by Crippen LogP contribution is -2.35. The van der Waals surface area contributed by atoms with Crippen molar-refractivity contribution >= 4 is 17.4 Å². The Labute approximate surface area is 224 Å². The van der Waals surface area contributed by atoms with E-state index in [4.69, 9.17) is 14.2 Å². The molecule has 2 heterocycles. The number of likely N-dealkylation sites (N-methyl/N-ethyl adjacent to an activating group) is 1. The summed E-state index contributed by atoms with van der Waals surface area (Å²) in [6, 6.07) is 10.0. The lowest BCUT2D eigenvalue weighted by Gasteiger charge is -2.27. The zero-order valence-corrected chi connectivity index (χ0v) is 23.1. The summed E-state index contributed by atoms with van der Waals surface area (Å²) in [6.07, 6.45) is 1.67. The van der Waals surface area contributed by atoms with Gasteiger partial charge in [-0.05, 0) is 74.8 Å². The van der Waals surface area contributed by atoms with Crippen LogP contribution >= 0.6 is 0 Å². The van der Waals surface area contributed by atoms with Crippen molar-refractivity contribution < 1.29 is 28.9 Å². The van der Waals surface area contributed by atoms with Gasteiger partial charge in [0, 0.05) is 25.1 Å². The van der Waals surface area contributed by atoms with E-state index in [9.17, 15) is 14.7 Å². The van der Waals surface area contributed by atoms with Gasteiger partial charge in [0.25, 0.3) is 11.7 Å². The summed E-state index contributed by atoms with van der Waals surface area (Å²) in [5, 5.41) is 11.5. The maximum atomic E-state index is 13.4. The molecule has 0 saturated carbocycles. The molecule has 1 saturated heterocycles. The predicted octanol–water partition coefficient (Wildman–Crippen LogP) is 4.43. The summed E-state index contributed by atoms with van der Waals surface area (Å²) < 4.78 is 17.4. The molecule has 1 amide bonds. The second-order valence-corrected chi connectivity index (χ2v) is 10.7. The molecule has 1 fully saturated rings. The van der Waals surface area contributed by atoms with E-state index in [0.717, 1.165) is 17.7 Å². The van der Waals surface area contributed by atoms with Crippen LogP contribution in [0, 0.1) is 5.92 Å². The minimum Gasteiger partial charge on any atom is -0.507 e. The number of Topliss-reactive ketones (excluding diaryl/α,β-unsaturated/α-hetero) is 1. The van der Waals surface area contributed by atoms with Gasteiger partial charge in [-0.15, -0.1) is 0 Å². The van der Waals surface area contributed by atoms with Crippen molar-refractivity contribution in [1.29, 1.82) is 0 Å². The van der Waals surface area contributed by atoms with Crippen molar-refractivity contribution in [3.8, 4) is 17.2 Å². The molecule has 4 rings (SSSR count). The number of aliphatic hydroxyl groups excluding tert-OH is 1. The van der Waals surface area contributed by atoms with Gasteiger partial charge in [0.15, 0.2) is 11.5 Å². The molecular formula is C30H38N2O6. The number of amides is 1. The largest absolute Gasteiger partial charge is 0.507 e. The summed E-state index contributed by atoms with van der Waals surface area (Å²) in [6.45, 7) is 7.69. The number of ketones is 1. The van der Waals surface area contributed by atoms with Gasteiger partial charge < -0.3 is 29.1 Å². The first-order chi connectivity index (χ1) is 18.1. The Hall–Kier alpha value is -3.52. The highest BCUT2D eigenvalue weighted by molar-refractivity contribution is 6.46. The molecular weight excluding hydrogens is 484 g/mol. The van der Waals surface area contributed by atoms with E-state index in [1.165, 1.54) is 4.90 Å². The van der Waals surface area contributed by atoms with Crippen LogP contribution in [0.3, 0.4) is 0 Å². The molecule has 38 heavy (non-hydrogen) atoms. The fourth-order valence-electron chi connectivity index (χ4n) is 4.87. The second kappa shape index (κ2) is 11.5. The molecule has 0 radical (unpaired) electrons. The topological polar surface area (TPSA) is 88.5 Å². The maximum Gasteiger partial charge on any atom is 0.295 e. The Balaban J connectivity index is 1.77. The molecule has 8 heteroatoms. The van der Waals surface area contributed by atoms with Crippen LogP contribution in [-0.4, -0.2) is 73.6 Å². The third kappa shape index (κ3) is 5.65. The molecule has 2 aromatic rings. The van der Waals surface area contributed by atoms with Crippen LogP contribution in [0.2, 0.25) is 0 Å². The minimum atomic E-state index is -0.767. The van der Waals surface area contributed by atoms with Crippen molar-refractivity contribution in [2.75, 3.05) is 40.9 Å². The molecule has 2 aliphatic rings. The number of nitrogens with zero attached hydrogens (tertiary/aromatic N) is 2. The lowest BCUT2D eigenvalue weighted by molar-refractivity contribution is -0.140. The Morgan fingerprint density at radius 2 is 1.92 bits per heavy atom. The summed E-state index contributed by atoms with van der Waals surface area (Å²) in [7, 11) is 5.38. The number of rotatable bonds is 10. The van der Waals surface area contributed by atoms with E-state index in [1.54, 1.807) is 31.4 Å². The number of aliphatic hydroxyl groups is 1. The molecule has 0 aliphatic carbocycles. The van der Waals surface area contributed by atoms with Crippen LogP contribution < -0.4 is 14.2 Å². The number of benzene rings is 2. The van der Waals surface area contributed by atoms with E-state index >= 15 is 0 Å². The molecule has 204 valence electrons. The third-order valence-electron chi connectivity index (χ3n) is 6.95. The van der Waals surface area contributed by atoms with Crippen LogP contribution in [0.25, 0.3) is 5.76 Å². The zero-order valence-electron chi connectivity index (χ0n) is 23.1. The highest BCUT2D eigenvalue weighted by atomic mass is 16.5. The van der Waals surface area contributed by atoms with Crippen LogP contribution in [0.5, 0.6) is 17.2 Å². The van der Waals surface area contributed by atoms with Crippen molar-refractivity contribution in [2.45, 2.75) is 45.8 Å². The van der Waals surface area contributed by atoms with Gasteiger partial charge in [0.2, 0.25) is 0 Å². The summed E-state index contributed by atoms with van der Waals surface area (Å²) in [4.78, 5) is 30.1. The van der Waals surface area contributed by atoms with E-state index in [2.05, 4.69) is 13.8 Å². The van der Waals surface area contributed by atoms with Crippen LogP contribution in [0.4, 0.5) is 0 Å². The Kier molecular flexibility index (Phi) is 8.31.